The summed E-state index contributed by atoms with van der Waals surface area (Å²) >= 11 is 0. The quantitative estimate of drug-likeness (QED) is 0.662. The molecule has 4 heteroatoms. The Morgan fingerprint density at radius 3 is 2.40 bits per heavy atom. The van der Waals surface area contributed by atoms with Crippen molar-refractivity contribution in [2.45, 2.75) is 20.0 Å². The highest BCUT2D eigenvalue weighted by molar-refractivity contribution is 6.11. The van der Waals surface area contributed by atoms with Crippen molar-refractivity contribution >= 4 is 11.5 Å². The summed E-state index contributed by atoms with van der Waals surface area (Å²) in [5.41, 5.74) is 6.86. The average Bonchev–Trinajstić information content (AvgIpc) is 2.40. The van der Waals surface area contributed by atoms with Gasteiger partial charge in [0.05, 0.1) is 11.7 Å². The van der Waals surface area contributed by atoms with Crippen molar-refractivity contribution in [1.82, 2.24) is 0 Å². The minimum Gasteiger partial charge on any atom is -0.507 e. The first kappa shape index (κ1) is 13.9. The van der Waals surface area contributed by atoms with E-state index in [2.05, 4.69) is 0 Å². The van der Waals surface area contributed by atoms with Crippen LogP contribution in [-0.4, -0.2) is 17.0 Å². The molecule has 0 aliphatic carbocycles. The number of nitrogens with two attached hydrogens (primary N) is 1. The number of phenols is 1. The summed E-state index contributed by atoms with van der Waals surface area (Å²) < 4.78 is 5.53. The third kappa shape index (κ3) is 3.09. The van der Waals surface area contributed by atoms with Crippen LogP contribution in [-0.2, 0) is 0 Å². The largest absolute Gasteiger partial charge is 0.507 e. The van der Waals surface area contributed by atoms with E-state index in [0.29, 0.717) is 17.0 Å². The number of hydrogen-bond acceptors (Lipinski definition) is 4. The minimum atomic E-state index is -0.267. The summed E-state index contributed by atoms with van der Waals surface area (Å²) in [6.45, 7) is 3.79. The third-order valence-corrected chi connectivity index (χ3v) is 2.76. The second-order valence-corrected chi connectivity index (χ2v) is 4.80. The van der Waals surface area contributed by atoms with Crippen LogP contribution in [0.15, 0.2) is 42.5 Å². The molecule has 4 nitrogen and oxygen atoms in total. The van der Waals surface area contributed by atoms with Crippen molar-refractivity contribution < 1.29 is 14.6 Å². The lowest BCUT2D eigenvalue weighted by Gasteiger charge is -2.11. The van der Waals surface area contributed by atoms with E-state index in [4.69, 9.17) is 10.5 Å². The van der Waals surface area contributed by atoms with Crippen molar-refractivity contribution in [2.75, 3.05) is 5.73 Å². The van der Waals surface area contributed by atoms with Crippen LogP contribution in [0, 0.1) is 0 Å². The van der Waals surface area contributed by atoms with E-state index in [-0.39, 0.29) is 23.2 Å². The minimum absolute atomic E-state index is 0.000909. The normalized spacial score (nSPS) is 10.6. The van der Waals surface area contributed by atoms with Crippen molar-refractivity contribution in [3.63, 3.8) is 0 Å². The van der Waals surface area contributed by atoms with Crippen LogP contribution >= 0.6 is 0 Å². The third-order valence-electron chi connectivity index (χ3n) is 2.76. The highest BCUT2D eigenvalue weighted by Gasteiger charge is 2.15. The number of nitrogen functional groups attached to an aromatic ring is 1. The first-order valence-corrected chi connectivity index (χ1v) is 6.37. The molecule has 3 N–H and O–H groups in total. The molecule has 0 atom stereocenters. The molecule has 0 aliphatic heterocycles. The Morgan fingerprint density at radius 2 is 1.80 bits per heavy atom. The molecule has 2 aromatic carbocycles. The van der Waals surface area contributed by atoms with Crippen LogP contribution in [0.25, 0.3) is 0 Å². The molecule has 0 radical (unpaired) electrons. The molecule has 0 saturated carbocycles. The molecule has 0 spiro atoms. The summed E-state index contributed by atoms with van der Waals surface area (Å²) in [6.07, 6.45) is -0.000909. The van der Waals surface area contributed by atoms with Crippen LogP contribution in [0.2, 0.25) is 0 Å². The molecule has 0 unspecified atom stereocenters. The Kier molecular flexibility index (Phi) is 3.94. The first-order valence-electron chi connectivity index (χ1n) is 6.37. The van der Waals surface area contributed by atoms with Gasteiger partial charge in [-0.1, -0.05) is 0 Å². The van der Waals surface area contributed by atoms with Gasteiger partial charge in [0.15, 0.2) is 5.78 Å². The van der Waals surface area contributed by atoms with Gasteiger partial charge in [-0.25, -0.2) is 0 Å². The highest BCUT2D eigenvalue weighted by atomic mass is 16.5. The van der Waals surface area contributed by atoms with Crippen LogP contribution in [0.3, 0.4) is 0 Å². The van der Waals surface area contributed by atoms with Gasteiger partial charge in [-0.3, -0.25) is 4.79 Å². The Morgan fingerprint density at radius 1 is 1.15 bits per heavy atom. The Hall–Kier alpha value is -2.49. The highest BCUT2D eigenvalue weighted by Crippen LogP contribution is 2.26. The van der Waals surface area contributed by atoms with Gasteiger partial charge in [-0.15, -0.1) is 0 Å². The molecular weight excluding hydrogens is 254 g/mol. The second-order valence-electron chi connectivity index (χ2n) is 4.80. The maximum atomic E-state index is 12.4. The van der Waals surface area contributed by atoms with Crippen molar-refractivity contribution in [2.24, 2.45) is 0 Å². The number of anilines is 1. The maximum Gasteiger partial charge on any atom is 0.196 e. The van der Waals surface area contributed by atoms with Crippen LogP contribution in [0.5, 0.6) is 11.5 Å². The van der Waals surface area contributed by atoms with Gasteiger partial charge < -0.3 is 15.6 Å². The average molecular weight is 271 g/mol. The fraction of sp³-hybridized carbons (Fsp3) is 0.188. The van der Waals surface area contributed by atoms with Gasteiger partial charge in [-0.2, -0.15) is 0 Å². The zero-order valence-corrected chi connectivity index (χ0v) is 11.5. The van der Waals surface area contributed by atoms with E-state index in [1.807, 2.05) is 13.8 Å². The molecule has 0 amide bonds. The summed E-state index contributed by atoms with van der Waals surface area (Å²) in [5, 5.41) is 9.85. The van der Waals surface area contributed by atoms with E-state index in [1.54, 1.807) is 36.4 Å². The van der Waals surface area contributed by atoms with E-state index >= 15 is 0 Å². The van der Waals surface area contributed by atoms with Crippen LogP contribution in [0.1, 0.15) is 29.8 Å². The van der Waals surface area contributed by atoms with Crippen LogP contribution in [0.4, 0.5) is 5.69 Å². The molecule has 0 aromatic heterocycles. The Bertz CT molecular complexity index is 618. The molecule has 0 aliphatic rings. The van der Waals surface area contributed by atoms with Crippen molar-refractivity contribution in [1.29, 1.82) is 0 Å². The molecule has 0 saturated heterocycles. The monoisotopic (exact) mass is 271 g/mol. The Balaban J connectivity index is 2.35. The van der Waals surface area contributed by atoms with E-state index in [1.165, 1.54) is 6.07 Å². The topological polar surface area (TPSA) is 72.5 Å². The standard InChI is InChI=1S/C16H17NO3/c1-10(2)20-13-7-8-15(18)14(9-13)16(19)11-3-5-12(17)6-4-11/h3-10,18H,17H2,1-2H3. The van der Waals surface area contributed by atoms with E-state index < -0.39 is 0 Å². The smallest absolute Gasteiger partial charge is 0.196 e. The Labute approximate surface area is 117 Å². The molecule has 2 rings (SSSR count). The lowest BCUT2D eigenvalue weighted by molar-refractivity contribution is 0.103. The zero-order chi connectivity index (χ0) is 14.7. The van der Waals surface area contributed by atoms with Crippen LogP contribution < -0.4 is 10.5 Å². The number of rotatable bonds is 4. The number of phenolic OH excluding ortho intramolecular Hbond substituents is 1. The lowest BCUT2D eigenvalue weighted by atomic mass is 10.0. The summed E-state index contributed by atoms with van der Waals surface area (Å²) in [4.78, 5) is 12.4. The predicted octanol–water partition coefficient (Wildman–Crippen LogP) is 2.99. The first-order chi connectivity index (χ1) is 9.47. The second kappa shape index (κ2) is 5.65. The number of hydrogen-bond donors (Lipinski definition) is 2. The van der Waals surface area contributed by atoms with E-state index in [0.717, 1.165) is 0 Å². The summed E-state index contributed by atoms with van der Waals surface area (Å²) in [5.74, 6) is 0.219. The lowest BCUT2D eigenvalue weighted by Crippen LogP contribution is -2.07. The molecule has 2 aromatic rings. The predicted molar refractivity (Wildman–Crippen MR) is 78.2 cm³/mol. The SMILES string of the molecule is CC(C)Oc1ccc(O)c(C(=O)c2ccc(N)cc2)c1. The number of ether oxygens (including phenoxy) is 1. The number of aromatic hydroxyl groups is 1. The fourth-order valence-electron chi connectivity index (χ4n) is 1.83. The zero-order valence-electron chi connectivity index (χ0n) is 11.5. The number of carbonyl (C=O) groups is 1. The van der Waals surface area contributed by atoms with Crippen molar-refractivity contribution in [3.05, 3.63) is 53.6 Å². The van der Waals surface area contributed by atoms with Crippen molar-refractivity contribution in [3.8, 4) is 11.5 Å². The molecule has 104 valence electrons. The van der Waals surface area contributed by atoms with Gasteiger partial charge in [0, 0.05) is 11.3 Å². The number of benzene rings is 2. The number of carbonyl (C=O) groups excluding carboxylic acids is 1. The van der Waals surface area contributed by atoms with Gasteiger partial charge in [-0.05, 0) is 56.3 Å². The summed E-state index contributed by atoms with van der Waals surface area (Å²) in [7, 11) is 0. The molecule has 0 fully saturated rings. The molecule has 20 heavy (non-hydrogen) atoms. The van der Waals surface area contributed by atoms with E-state index in [9.17, 15) is 9.90 Å². The number of ketones is 1. The maximum absolute atomic E-state index is 12.4. The van der Waals surface area contributed by atoms with Gasteiger partial charge in [0.2, 0.25) is 0 Å². The van der Waals surface area contributed by atoms with Gasteiger partial charge in [0.25, 0.3) is 0 Å². The fourth-order valence-corrected chi connectivity index (χ4v) is 1.83. The summed E-state index contributed by atoms with van der Waals surface area (Å²) in [6, 6.07) is 11.2. The molecule has 0 bridgehead atoms. The molecule has 0 heterocycles. The molecular formula is C16H17NO3. The van der Waals surface area contributed by atoms with Gasteiger partial charge in [0.1, 0.15) is 11.5 Å². The van der Waals surface area contributed by atoms with Gasteiger partial charge >= 0.3 is 0 Å².